The number of fused-ring (bicyclic) bond motifs is 1. The Morgan fingerprint density at radius 2 is 2.25 bits per heavy atom. The molecule has 126 valence electrons. The molecule has 1 aliphatic heterocycles. The molecule has 1 atom stereocenters. The fourth-order valence-corrected chi connectivity index (χ4v) is 3.28. The van der Waals surface area contributed by atoms with E-state index in [0.29, 0.717) is 29.6 Å². The molecule has 8 heteroatoms. The number of ether oxygens (including phenoxy) is 2. The van der Waals surface area contributed by atoms with Crippen molar-refractivity contribution in [1.29, 1.82) is 0 Å². The highest BCUT2D eigenvalue weighted by molar-refractivity contribution is 9.10. The van der Waals surface area contributed by atoms with Crippen molar-refractivity contribution < 1.29 is 14.3 Å². The van der Waals surface area contributed by atoms with Gasteiger partial charge in [-0.1, -0.05) is 6.07 Å². The van der Waals surface area contributed by atoms with Gasteiger partial charge in [-0.15, -0.1) is 0 Å². The Kier molecular flexibility index (Phi) is 4.57. The fraction of sp³-hybridized carbons (Fsp3) is 0.312. The first kappa shape index (κ1) is 16.5. The van der Waals surface area contributed by atoms with Gasteiger partial charge in [-0.3, -0.25) is 0 Å². The molecule has 0 saturated heterocycles. The van der Waals surface area contributed by atoms with Crippen LogP contribution in [0, 0.1) is 0 Å². The van der Waals surface area contributed by atoms with E-state index in [-0.39, 0.29) is 5.97 Å². The van der Waals surface area contributed by atoms with Crippen molar-refractivity contribution >= 4 is 27.8 Å². The average Bonchev–Trinajstić information content (AvgIpc) is 3.01. The molecule has 2 aromatic rings. The van der Waals surface area contributed by atoms with Gasteiger partial charge in [0.2, 0.25) is 5.95 Å². The van der Waals surface area contributed by atoms with Crippen LogP contribution in [0.2, 0.25) is 0 Å². The Labute approximate surface area is 147 Å². The van der Waals surface area contributed by atoms with Crippen molar-refractivity contribution in [1.82, 2.24) is 14.8 Å². The summed E-state index contributed by atoms with van der Waals surface area (Å²) in [5.41, 5.74) is 2.08. The minimum absolute atomic E-state index is 0.304. The molecule has 2 heterocycles. The average molecular weight is 393 g/mol. The van der Waals surface area contributed by atoms with Gasteiger partial charge in [-0.25, -0.2) is 9.48 Å². The van der Waals surface area contributed by atoms with Gasteiger partial charge in [0.25, 0.3) is 0 Å². The van der Waals surface area contributed by atoms with Gasteiger partial charge in [-0.2, -0.15) is 10.1 Å². The first-order valence-corrected chi connectivity index (χ1v) is 8.24. The van der Waals surface area contributed by atoms with Gasteiger partial charge in [0, 0.05) is 5.70 Å². The Hall–Kier alpha value is -2.35. The number of benzene rings is 1. The van der Waals surface area contributed by atoms with Gasteiger partial charge in [0.15, 0.2) is 0 Å². The molecule has 1 N–H and O–H groups in total. The number of nitrogens with zero attached hydrogens (tertiary/aromatic N) is 3. The molecule has 7 nitrogen and oxygen atoms in total. The molecule has 0 aliphatic carbocycles. The first-order chi connectivity index (χ1) is 11.6. The van der Waals surface area contributed by atoms with Crippen LogP contribution in [0.15, 0.2) is 40.3 Å². The summed E-state index contributed by atoms with van der Waals surface area (Å²) in [5, 5.41) is 7.37. The molecule has 1 aromatic heterocycles. The molecule has 24 heavy (non-hydrogen) atoms. The van der Waals surface area contributed by atoms with Crippen LogP contribution in [0.1, 0.15) is 25.5 Å². The van der Waals surface area contributed by atoms with Crippen LogP contribution >= 0.6 is 15.9 Å². The molecule has 0 saturated carbocycles. The SMILES string of the molecule is CCOC(=O)C1=C(C)Nc2ncnn2[C@H]1c1ccc(OC)c(Br)c1. The molecule has 0 fully saturated rings. The summed E-state index contributed by atoms with van der Waals surface area (Å²) in [6.07, 6.45) is 1.45. The van der Waals surface area contributed by atoms with Crippen LogP contribution in [0.4, 0.5) is 5.95 Å². The second-order valence-corrected chi connectivity index (χ2v) is 6.06. The Bertz CT molecular complexity index is 815. The standard InChI is InChI=1S/C16H17BrN4O3/c1-4-24-15(22)13-9(2)20-16-18-8-19-21(16)14(13)10-5-6-12(23-3)11(17)7-10/h5-8,14H,4H2,1-3H3,(H,18,19,20)/t14-/m0/s1. The molecule has 3 rings (SSSR count). The Balaban J connectivity index is 2.14. The van der Waals surface area contributed by atoms with Crippen LogP contribution < -0.4 is 10.1 Å². The van der Waals surface area contributed by atoms with Crippen molar-refractivity contribution in [2.75, 3.05) is 19.0 Å². The second kappa shape index (κ2) is 6.64. The maximum Gasteiger partial charge on any atom is 0.338 e. The summed E-state index contributed by atoms with van der Waals surface area (Å²) in [7, 11) is 1.61. The van der Waals surface area contributed by atoms with Crippen LogP contribution in [0.5, 0.6) is 5.75 Å². The Morgan fingerprint density at radius 3 is 2.92 bits per heavy atom. The number of methoxy groups -OCH3 is 1. The number of carbonyl (C=O) groups excluding carboxylic acids is 1. The van der Waals surface area contributed by atoms with Crippen molar-refractivity contribution in [2.24, 2.45) is 0 Å². The van der Waals surface area contributed by atoms with Crippen molar-refractivity contribution in [3.63, 3.8) is 0 Å². The molecule has 1 aliphatic rings. The van der Waals surface area contributed by atoms with E-state index < -0.39 is 6.04 Å². The molecular formula is C16H17BrN4O3. The number of halogens is 1. The smallest absolute Gasteiger partial charge is 0.338 e. The highest BCUT2D eigenvalue weighted by Crippen LogP contribution is 2.37. The minimum atomic E-state index is -0.426. The quantitative estimate of drug-likeness (QED) is 0.805. The third kappa shape index (κ3) is 2.77. The highest BCUT2D eigenvalue weighted by Gasteiger charge is 2.34. The summed E-state index contributed by atoms with van der Waals surface area (Å²) in [5.74, 6) is 0.919. The largest absolute Gasteiger partial charge is 0.496 e. The zero-order chi connectivity index (χ0) is 17.3. The van der Waals surface area contributed by atoms with E-state index in [4.69, 9.17) is 9.47 Å². The van der Waals surface area contributed by atoms with Gasteiger partial charge in [0.05, 0.1) is 23.8 Å². The molecule has 1 aromatic carbocycles. The summed E-state index contributed by atoms with van der Waals surface area (Å²) in [6.45, 7) is 3.92. The maximum absolute atomic E-state index is 12.5. The topological polar surface area (TPSA) is 78.3 Å². The number of allylic oxidation sites excluding steroid dienone is 1. The summed E-state index contributed by atoms with van der Waals surface area (Å²) < 4.78 is 13.0. The first-order valence-electron chi connectivity index (χ1n) is 7.44. The molecule has 0 unspecified atom stereocenters. The number of rotatable bonds is 4. The van der Waals surface area contributed by atoms with Gasteiger partial charge in [-0.05, 0) is 47.5 Å². The molecule has 0 amide bonds. The van der Waals surface area contributed by atoms with E-state index >= 15 is 0 Å². The monoisotopic (exact) mass is 392 g/mol. The third-order valence-corrected chi connectivity index (χ3v) is 4.40. The predicted octanol–water partition coefficient (Wildman–Crippen LogP) is 2.90. The number of aromatic nitrogens is 3. The van der Waals surface area contributed by atoms with Crippen molar-refractivity contribution in [3.8, 4) is 5.75 Å². The lowest BCUT2D eigenvalue weighted by molar-refractivity contribution is -0.139. The number of hydrogen-bond acceptors (Lipinski definition) is 6. The number of hydrogen-bond donors (Lipinski definition) is 1. The fourth-order valence-electron chi connectivity index (χ4n) is 2.73. The lowest BCUT2D eigenvalue weighted by Gasteiger charge is -2.28. The van der Waals surface area contributed by atoms with Crippen LogP contribution in [0.25, 0.3) is 0 Å². The summed E-state index contributed by atoms with van der Waals surface area (Å²) >= 11 is 3.49. The van der Waals surface area contributed by atoms with Crippen LogP contribution in [-0.4, -0.2) is 34.5 Å². The molecule has 0 spiro atoms. The van der Waals surface area contributed by atoms with Gasteiger partial charge >= 0.3 is 5.97 Å². The lowest BCUT2D eigenvalue weighted by atomic mass is 9.96. The third-order valence-electron chi connectivity index (χ3n) is 3.78. The number of nitrogens with one attached hydrogen (secondary N) is 1. The zero-order valence-corrected chi connectivity index (χ0v) is 15.1. The number of esters is 1. The van der Waals surface area contributed by atoms with Crippen LogP contribution in [-0.2, 0) is 9.53 Å². The predicted molar refractivity (Wildman–Crippen MR) is 91.8 cm³/mol. The lowest BCUT2D eigenvalue weighted by Crippen LogP contribution is -2.29. The second-order valence-electron chi connectivity index (χ2n) is 5.21. The molecular weight excluding hydrogens is 376 g/mol. The van der Waals surface area contributed by atoms with E-state index in [1.807, 2.05) is 25.1 Å². The van der Waals surface area contributed by atoms with E-state index in [1.165, 1.54) is 6.33 Å². The van der Waals surface area contributed by atoms with E-state index in [0.717, 1.165) is 10.0 Å². The highest BCUT2D eigenvalue weighted by atomic mass is 79.9. The minimum Gasteiger partial charge on any atom is -0.496 e. The summed E-state index contributed by atoms with van der Waals surface area (Å²) in [6, 6.07) is 5.23. The molecule has 0 radical (unpaired) electrons. The van der Waals surface area contributed by atoms with Crippen molar-refractivity contribution in [3.05, 3.63) is 45.8 Å². The zero-order valence-electron chi connectivity index (χ0n) is 13.5. The molecule has 0 bridgehead atoms. The van der Waals surface area contributed by atoms with Crippen molar-refractivity contribution in [2.45, 2.75) is 19.9 Å². The Morgan fingerprint density at radius 1 is 1.46 bits per heavy atom. The maximum atomic E-state index is 12.5. The summed E-state index contributed by atoms with van der Waals surface area (Å²) in [4.78, 5) is 16.7. The van der Waals surface area contributed by atoms with Crippen LogP contribution in [0.3, 0.4) is 0 Å². The van der Waals surface area contributed by atoms with E-state index in [2.05, 4.69) is 31.3 Å². The van der Waals surface area contributed by atoms with Gasteiger partial charge < -0.3 is 14.8 Å². The number of carbonyl (C=O) groups is 1. The normalized spacial score (nSPS) is 16.4. The van der Waals surface area contributed by atoms with Gasteiger partial charge in [0.1, 0.15) is 18.1 Å². The van der Waals surface area contributed by atoms with E-state index in [9.17, 15) is 4.79 Å². The number of anilines is 1. The van der Waals surface area contributed by atoms with E-state index in [1.54, 1.807) is 18.7 Å².